The number of halogens is 1. The van der Waals surface area contributed by atoms with E-state index >= 15 is 0 Å². The maximum Gasteiger partial charge on any atom is 0.495 e. The first-order valence-corrected chi connectivity index (χ1v) is 9.19. The Labute approximate surface area is 154 Å². The van der Waals surface area contributed by atoms with Crippen molar-refractivity contribution in [3.8, 4) is 0 Å². The zero-order valence-corrected chi connectivity index (χ0v) is 15.9. The normalized spacial score (nSPS) is 22.4. The van der Waals surface area contributed by atoms with Crippen LogP contribution in [0.3, 0.4) is 0 Å². The number of rotatable bonds is 4. The number of ether oxygens (including phenoxy) is 1. The number of benzene rings is 1. The van der Waals surface area contributed by atoms with Crippen LogP contribution in [0.15, 0.2) is 18.2 Å². The second kappa shape index (κ2) is 7.29. The molecule has 3 rings (SSSR count). The first kappa shape index (κ1) is 19.3. The van der Waals surface area contributed by atoms with E-state index in [4.69, 9.17) is 14.0 Å². The van der Waals surface area contributed by atoms with Crippen LogP contribution in [0, 0.1) is 5.82 Å². The second-order valence-corrected chi connectivity index (χ2v) is 8.06. The van der Waals surface area contributed by atoms with Crippen molar-refractivity contribution < 1.29 is 23.2 Å². The maximum atomic E-state index is 13.8. The van der Waals surface area contributed by atoms with E-state index in [-0.39, 0.29) is 24.2 Å². The fourth-order valence-electron chi connectivity index (χ4n) is 3.22. The molecule has 1 aromatic carbocycles. The molecule has 0 radical (unpaired) electrons. The van der Waals surface area contributed by atoms with Crippen molar-refractivity contribution in [2.45, 2.75) is 64.2 Å². The fraction of sp³-hybridized carbons (Fsp3) is 0.632. The van der Waals surface area contributed by atoms with Gasteiger partial charge in [-0.2, -0.15) is 0 Å². The van der Waals surface area contributed by atoms with E-state index in [1.807, 2.05) is 27.7 Å². The molecule has 1 aromatic rings. The predicted octanol–water partition coefficient (Wildman–Crippen LogP) is 1.96. The highest BCUT2D eigenvalue weighted by Gasteiger charge is 2.52. The molecule has 2 saturated heterocycles. The standard InChI is InChI=1S/C19H27BFNO4/c1-18(2)19(3,4)26-20(25-18)16-6-5-14(21)11-13(16)12-17(23)22-15-7-9-24-10-8-15/h5-6,11,15H,7-10,12H2,1-4H3,(H,22,23). The van der Waals surface area contributed by atoms with Gasteiger partial charge in [0.05, 0.1) is 17.6 Å². The molecule has 1 amide bonds. The van der Waals surface area contributed by atoms with Gasteiger partial charge in [0.25, 0.3) is 0 Å². The van der Waals surface area contributed by atoms with Crippen molar-refractivity contribution in [1.82, 2.24) is 5.32 Å². The molecule has 5 nitrogen and oxygen atoms in total. The van der Waals surface area contributed by atoms with Crippen molar-refractivity contribution in [3.63, 3.8) is 0 Å². The average molecular weight is 363 g/mol. The topological polar surface area (TPSA) is 56.8 Å². The lowest BCUT2D eigenvalue weighted by atomic mass is 9.75. The minimum absolute atomic E-state index is 0.0918. The maximum absolute atomic E-state index is 13.8. The van der Waals surface area contributed by atoms with Gasteiger partial charge in [0.2, 0.25) is 5.91 Å². The van der Waals surface area contributed by atoms with E-state index in [2.05, 4.69) is 5.32 Å². The van der Waals surface area contributed by atoms with Crippen LogP contribution in [0.1, 0.15) is 46.1 Å². The quantitative estimate of drug-likeness (QED) is 0.831. The van der Waals surface area contributed by atoms with Crippen molar-refractivity contribution in [1.29, 1.82) is 0 Å². The predicted molar refractivity (Wildman–Crippen MR) is 97.8 cm³/mol. The van der Waals surface area contributed by atoms with Crippen LogP contribution < -0.4 is 10.8 Å². The zero-order valence-electron chi connectivity index (χ0n) is 15.9. The molecule has 0 aliphatic carbocycles. The number of nitrogens with one attached hydrogen (secondary N) is 1. The summed E-state index contributed by atoms with van der Waals surface area (Å²) in [4.78, 5) is 12.5. The third-order valence-electron chi connectivity index (χ3n) is 5.55. The number of carbonyl (C=O) groups excluding carboxylic acids is 1. The van der Waals surface area contributed by atoms with Gasteiger partial charge >= 0.3 is 7.12 Å². The summed E-state index contributed by atoms with van der Waals surface area (Å²) in [6.45, 7) is 9.18. The highest BCUT2D eigenvalue weighted by atomic mass is 19.1. The Morgan fingerprint density at radius 3 is 2.42 bits per heavy atom. The molecule has 142 valence electrons. The van der Waals surface area contributed by atoms with Gasteiger partial charge in [0, 0.05) is 19.3 Å². The van der Waals surface area contributed by atoms with E-state index in [1.54, 1.807) is 6.07 Å². The summed E-state index contributed by atoms with van der Waals surface area (Å²) in [6.07, 6.45) is 1.70. The van der Waals surface area contributed by atoms with Gasteiger partial charge in [-0.1, -0.05) is 6.07 Å². The first-order chi connectivity index (χ1) is 12.2. The van der Waals surface area contributed by atoms with Gasteiger partial charge in [-0.15, -0.1) is 0 Å². The fourth-order valence-corrected chi connectivity index (χ4v) is 3.22. The molecule has 2 fully saturated rings. The van der Waals surface area contributed by atoms with Crippen molar-refractivity contribution >= 4 is 18.5 Å². The molecule has 0 bridgehead atoms. The molecular weight excluding hydrogens is 336 g/mol. The molecule has 0 unspecified atom stereocenters. The molecule has 0 spiro atoms. The van der Waals surface area contributed by atoms with Crippen LogP contribution in [0.25, 0.3) is 0 Å². The molecule has 0 aromatic heterocycles. The average Bonchev–Trinajstić information content (AvgIpc) is 2.76. The van der Waals surface area contributed by atoms with E-state index in [0.717, 1.165) is 12.8 Å². The summed E-state index contributed by atoms with van der Waals surface area (Å²) in [5, 5.41) is 3.01. The van der Waals surface area contributed by atoms with Crippen LogP contribution in [0.5, 0.6) is 0 Å². The van der Waals surface area contributed by atoms with Gasteiger partial charge in [0.15, 0.2) is 0 Å². The monoisotopic (exact) mass is 363 g/mol. The molecule has 0 atom stereocenters. The van der Waals surface area contributed by atoms with Crippen LogP contribution in [-0.4, -0.2) is 43.5 Å². The number of carbonyl (C=O) groups is 1. The summed E-state index contributed by atoms with van der Waals surface area (Å²) in [5.74, 6) is -0.501. The Bertz CT molecular complexity index is 658. The van der Waals surface area contributed by atoms with Crippen LogP contribution in [0.4, 0.5) is 4.39 Å². The molecule has 2 aliphatic heterocycles. The van der Waals surface area contributed by atoms with Gasteiger partial charge in [-0.3, -0.25) is 4.79 Å². The Morgan fingerprint density at radius 2 is 1.81 bits per heavy atom. The first-order valence-electron chi connectivity index (χ1n) is 9.19. The van der Waals surface area contributed by atoms with Crippen LogP contribution in [0.2, 0.25) is 0 Å². The Hall–Kier alpha value is -1.44. The summed E-state index contributed by atoms with van der Waals surface area (Å²) >= 11 is 0. The summed E-state index contributed by atoms with van der Waals surface area (Å²) in [5.41, 5.74) is 0.307. The van der Waals surface area contributed by atoms with E-state index in [0.29, 0.717) is 24.2 Å². The number of amides is 1. The largest absolute Gasteiger partial charge is 0.495 e. The Balaban J connectivity index is 1.75. The van der Waals surface area contributed by atoms with Crippen LogP contribution >= 0.6 is 0 Å². The molecule has 2 heterocycles. The third kappa shape index (κ3) is 4.10. The minimum atomic E-state index is -0.619. The molecule has 1 N–H and O–H groups in total. The third-order valence-corrected chi connectivity index (χ3v) is 5.55. The number of hydrogen-bond acceptors (Lipinski definition) is 4. The Morgan fingerprint density at radius 1 is 1.19 bits per heavy atom. The van der Waals surface area contributed by atoms with Gasteiger partial charge in [-0.25, -0.2) is 4.39 Å². The minimum Gasteiger partial charge on any atom is -0.399 e. The lowest BCUT2D eigenvalue weighted by Crippen LogP contribution is -2.42. The molecule has 26 heavy (non-hydrogen) atoms. The summed E-state index contributed by atoms with van der Waals surface area (Å²) in [7, 11) is -0.619. The summed E-state index contributed by atoms with van der Waals surface area (Å²) in [6, 6.07) is 4.53. The van der Waals surface area contributed by atoms with Crippen LogP contribution in [-0.2, 0) is 25.3 Å². The van der Waals surface area contributed by atoms with Crippen molar-refractivity contribution in [2.24, 2.45) is 0 Å². The van der Waals surface area contributed by atoms with Gasteiger partial charge < -0.3 is 19.4 Å². The number of hydrogen-bond donors (Lipinski definition) is 1. The van der Waals surface area contributed by atoms with E-state index < -0.39 is 18.3 Å². The SMILES string of the molecule is CC1(C)OB(c2ccc(F)cc2CC(=O)NC2CCOCC2)OC1(C)C. The highest BCUT2D eigenvalue weighted by molar-refractivity contribution is 6.62. The highest BCUT2D eigenvalue weighted by Crippen LogP contribution is 2.36. The second-order valence-electron chi connectivity index (χ2n) is 8.06. The van der Waals surface area contributed by atoms with Gasteiger partial charge in [-0.05, 0) is 63.7 Å². The molecular formula is C19H27BFNO4. The van der Waals surface area contributed by atoms with Crippen molar-refractivity contribution in [3.05, 3.63) is 29.6 Å². The molecule has 2 aliphatic rings. The smallest absolute Gasteiger partial charge is 0.399 e. The molecule has 7 heteroatoms. The van der Waals surface area contributed by atoms with E-state index in [9.17, 15) is 9.18 Å². The van der Waals surface area contributed by atoms with Gasteiger partial charge in [0.1, 0.15) is 5.82 Å². The Kier molecular flexibility index (Phi) is 5.42. The molecule has 0 saturated carbocycles. The van der Waals surface area contributed by atoms with Crippen molar-refractivity contribution in [2.75, 3.05) is 13.2 Å². The summed E-state index contributed by atoms with van der Waals surface area (Å²) < 4.78 is 31.3. The zero-order chi connectivity index (χ0) is 18.9. The lowest BCUT2D eigenvalue weighted by molar-refractivity contribution is -0.121. The van der Waals surface area contributed by atoms with E-state index in [1.165, 1.54) is 12.1 Å². The lowest BCUT2D eigenvalue weighted by Gasteiger charge is -2.32.